The van der Waals surface area contributed by atoms with Gasteiger partial charge in [0.25, 0.3) is 0 Å². The molecule has 1 amide bonds. The highest BCUT2D eigenvalue weighted by Crippen LogP contribution is 2.13. The quantitative estimate of drug-likeness (QED) is 0.591. The van der Waals surface area contributed by atoms with Crippen molar-refractivity contribution in [3.63, 3.8) is 0 Å². The third-order valence-electron chi connectivity index (χ3n) is 1.96. The number of hydrogen-bond acceptors (Lipinski definition) is 4. The minimum absolute atomic E-state index is 0.447. The van der Waals surface area contributed by atoms with E-state index >= 15 is 0 Å². The Balaban J connectivity index is 1.83. The van der Waals surface area contributed by atoms with Gasteiger partial charge in [0.1, 0.15) is 0 Å². The van der Waals surface area contributed by atoms with Crippen LogP contribution >= 0.6 is 11.3 Å². The molecule has 2 rings (SSSR count). The summed E-state index contributed by atoms with van der Waals surface area (Å²) in [5, 5.41) is 4.45. The zero-order valence-corrected chi connectivity index (χ0v) is 8.17. The number of amides is 1. The molecule has 74 valence electrons. The van der Waals surface area contributed by atoms with Crippen molar-refractivity contribution in [2.24, 2.45) is 0 Å². The Morgan fingerprint density at radius 2 is 2.36 bits per heavy atom. The summed E-state index contributed by atoms with van der Waals surface area (Å²) in [7, 11) is 0. The highest BCUT2D eigenvalue weighted by atomic mass is 32.1. The molecule has 5 heteroatoms. The molecule has 0 spiro atoms. The minimum atomic E-state index is -0.777. The van der Waals surface area contributed by atoms with Crippen molar-refractivity contribution in [3.8, 4) is 0 Å². The lowest BCUT2D eigenvalue weighted by atomic mass is 10.2. The Morgan fingerprint density at radius 3 is 2.93 bits per heavy atom. The molecule has 1 N–H and O–H groups in total. The molecule has 14 heavy (non-hydrogen) atoms. The second-order valence-corrected chi connectivity index (χ2v) is 4.02. The Morgan fingerprint density at radius 1 is 1.50 bits per heavy atom. The zero-order valence-electron chi connectivity index (χ0n) is 7.36. The van der Waals surface area contributed by atoms with Gasteiger partial charge in [0, 0.05) is 11.3 Å². The molecule has 1 aliphatic heterocycles. The van der Waals surface area contributed by atoms with Gasteiger partial charge in [-0.3, -0.25) is 4.79 Å². The van der Waals surface area contributed by atoms with Gasteiger partial charge >= 0.3 is 11.9 Å². The lowest BCUT2D eigenvalue weighted by Gasteiger charge is -2.06. The Hall–Kier alpha value is -1.36. The number of rotatable bonds is 3. The first-order valence-electron chi connectivity index (χ1n) is 4.29. The number of hydrogen-bond donors (Lipinski definition) is 1. The average molecular weight is 211 g/mol. The number of nitrogens with one attached hydrogen (secondary N) is 1. The lowest BCUT2D eigenvalue weighted by molar-refractivity contribution is -0.149. The number of esters is 1. The lowest BCUT2D eigenvalue weighted by Crippen LogP contribution is -2.26. The first-order chi connectivity index (χ1) is 6.75. The van der Waals surface area contributed by atoms with Crippen molar-refractivity contribution >= 4 is 23.2 Å². The van der Waals surface area contributed by atoms with Crippen LogP contribution in [0.15, 0.2) is 17.5 Å². The third-order valence-corrected chi connectivity index (χ3v) is 2.90. The van der Waals surface area contributed by atoms with E-state index < -0.39 is 18.1 Å². The SMILES string of the molecule is O=C1NC(CCc2cccs2)OC1=O. The van der Waals surface area contributed by atoms with Crippen LogP contribution in [0.3, 0.4) is 0 Å². The summed E-state index contributed by atoms with van der Waals surface area (Å²) in [6.45, 7) is 0. The molecule has 2 heterocycles. The van der Waals surface area contributed by atoms with Gasteiger partial charge in [-0.15, -0.1) is 11.3 Å². The van der Waals surface area contributed by atoms with Crippen LogP contribution in [0.2, 0.25) is 0 Å². The maximum atomic E-state index is 10.8. The second kappa shape index (κ2) is 3.79. The monoisotopic (exact) mass is 211 g/mol. The highest BCUT2D eigenvalue weighted by molar-refractivity contribution is 7.09. The number of aryl methyl sites for hydroxylation is 1. The van der Waals surface area contributed by atoms with Crippen molar-refractivity contribution in [1.82, 2.24) is 5.32 Å². The van der Waals surface area contributed by atoms with E-state index in [2.05, 4.69) is 5.32 Å². The minimum Gasteiger partial charge on any atom is -0.435 e. The number of ether oxygens (including phenoxy) is 1. The Bertz CT molecular complexity index is 331. The summed E-state index contributed by atoms with van der Waals surface area (Å²) in [4.78, 5) is 22.7. The number of cyclic esters (lactones) is 1. The van der Waals surface area contributed by atoms with Crippen LogP contribution in [-0.4, -0.2) is 18.1 Å². The van der Waals surface area contributed by atoms with E-state index in [-0.39, 0.29) is 0 Å². The van der Waals surface area contributed by atoms with Gasteiger partial charge in [-0.25, -0.2) is 4.79 Å². The maximum absolute atomic E-state index is 10.8. The smallest absolute Gasteiger partial charge is 0.398 e. The van der Waals surface area contributed by atoms with Crippen molar-refractivity contribution in [1.29, 1.82) is 0 Å². The van der Waals surface area contributed by atoms with Gasteiger partial charge < -0.3 is 10.1 Å². The Labute approximate surface area is 84.9 Å². The maximum Gasteiger partial charge on any atom is 0.398 e. The number of carbonyl (C=O) groups excluding carboxylic acids is 2. The fraction of sp³-hybridized carbons (Fsp3) is 0.333. The van der Waals surface area contributed by atoms with Gasteiger partial charge in [0.2, 0.25) is 0 Å². The van der Waals surface area contributed by atoms with Crippen LogP contribution in [0.4, 0.5) is 0 Å². The summed E-state index contributed by atoms with van der Waals surface area (Å²) in [5.41, 5.74) is 0. The van der Waals surface area contributed by atoms with E-state index in [0.717, 1.165) is 6.42 Å². The van der Waals surface area contributed by atoms with Crippen LogP contribution < -0.4 is 5.32 Å². The van der Waals surface area contributed by atoms with Gasteiger partial charge in [-0.05, 0) is 17.9 Å². The molecule has 1 aromatic rings. The molecule has 0 aromatic carbocycles. The van der Waals surface area contributed by atoms with Gasteiger partial charge in [-0.2, -0.15) is 0 Å². The normalized spacial score (nSPS) is 20.7. The molecule has 0 saturated carbocycles. The number of carbonyl (C=O) groups is 2. The summed E-state index contributed by atoms with van der Waals surface area (Å²) < 4.78 is 4.78. The molecule has 0 bridgehead atoms. The van der Waals surface area contributed by atoms with Crippen molar-refractivity contribution in [2.45, 2.75) is 19.1 Å². The molecular formula is C9H9NO3S. The highest BCUT2D eigenvalue weighted by Gasteiger charge is 2.30. The van der Waals surface area contributed by atoms with E-state index in [4.69, 9.17) is 4.74 Å². The zero-order chi connectivity index (χ0) is 9.97. The summed E-state index contributed by atoms with van der Waals surface area (Å²) >= 11 is 1.65. The van der Waals surface area contributed by atoms with Crippen molar-refractivity contribution in [3.05, 3.63) is 22.4 Å². The fourth-order valence-electron chi connectivity index (χ4n) is 1.28. The van der Waals surface area contributed by atoms with Crippen LogP contribution in [-0.2, 0) is 20.7 Å². The molecule has 4 nitrogen and oxygen atoms in total. The first kappa shape index (κ1) is 9.21. The van der Waals surface area contributed by atoms with E-state index in [1.54, 1.807) is 11.3 Å². The third kappa shape index (κ3) is 1.93. The van der Waals surface area contributed by atoms with Gasteiger partial charge in [0.05, 0.1) is 0 Å². The predicted molar refractivity (Wildman–Crippen MR) is 50.7 cm³/mol. The van der Waals surface area contributed by atoms with Gasteiger partial charge in [0.15, 0.2) is 6.23 Å². The van der Waals surface area contributed by atoms with E-state index in [1.165, 1.54) is 4.88 Å². The molecule has 1 unspecified atom stereocenters. The molecule has 1 fully saturated rings. The summed E-state index contributed by atoms with van der Waals surface area (Å²) in [6.07, 6.45) is 1.01. The van der Waals surface area contributed by atoms with Gasteiger partial charge in [-0.1, -0.05) is 6.07 Å². The Kier molecular flexibility index (Phi) is 2.49. The molecule has 0 radical (unpaired) electrons. The molecular weight excluding hydrogens is 202 g/mol. The fourth-order valence-corrected chi connectivity index (χ4v) is 2.00. The molecule has 1 saturated heterocycles. The largest absolute Gasteiger partial charge is 0.435 e. The topological polar surface area (TPSA) is 55.4 Å². The molecule has 1 aromatic heterocycles. The first-order valence-corrected chi connectivity index (χ1v) is 5.17. The molecule has 1 aliphatic rings. The van der Waals surface area contributed by atoms with E-state index in [0.29, 0.717) is 6.42 Å². The summed E-state index contributed by atoms with van der Waals surface area (Å²) in [5.74, 6) is -1.41. The summed E-state index contributed by atoms with van der Waals surface area (Å²) in [6, 6.07) is 3.99. The van der Waals surface area contributed by atoms with Crippen LogP contribution in [0.25, 0.3) is 0 Å². The average Bonchev–Trinajstić information content (AvgIpc) is 2.74. The van der Waals surface area contributed by atoms with Crippen molar-refractivity contribution in [2.75, 3.05) is 0 Å². The predicted octanol–water partition coefficient (Wildman–Crippen LogP) is 0.680. The van der Waals surface area contributed by atoms with E-state index in [9.17, 15) is 9.59 Å². The number of thiophene rings is 1. The molecule has 0 aliphatic carbocycles. The van der Waals surface area contributed by atoms with Crippen molar-refractivity contribution < 1.29 is 14.3 Å². The van der Waals surface area contributed by atoms with Crippen LogP contribution in [0.5, 0.6) is 0 Å². The van der Waals surface area contributed by atoms with E-state index in [1.807, 2.05) is 17.5 Å². The second-order valence-electron chi connectivity index (χ2n) is 2.99. The van der Waals surface area contributed by atoms with Crippen LogP contribution in [0.1, 0.15) is 11.3 Å². The standard InChI is InChI=1S/C9H9NO3S/c11-8-9(12)13-7(10-8)4-3-6-2-1-5-14-6/h1-2,5,7H,3-4H2,(H,10,11). The molecule has 1 atom stereocenters. The van der Waals surface area contributed by atoms with Crippen LogP contribution in [0, 0.1) is 0 Å².